The largest absolute Gasteiger partial charge is 0.381 e. The van der Waals surface area contributed by atoms with Gasteiger partial charge in [-0.15, -0.1) is 0 Å². The Morgan fingerprint density at radius 2 is 2.29 bits per heavy atom. The zero-order chi connectivity index (χ0) is 10.0. The van der Waals surface area contributed by atoms with Crippen molar-refractivity contribution >= 4 is 15.9 Å². The van der Waals surface area contributed by atoms with Crippen LogP contribution in [0.2, 0.25) is 0 Å². The molecule has 14 heavy (non-hydrogen) atoms. The molecule has 3 atom stereocenters. The van der Waals surface area contributed by atoms with E-state index in [0.717, 1.165) is 11.8 Å². The lowest BCUT2D eigenvalue weighted by molar-refractivity contribution is -0.0930. The summed E-state index contributed by atoms with van der Waals surface area (Å²) >= 11 is 3.50. The molecule has 1 heterocycles. The fourth-order valence-electron chi connectivity index (χ4n) is 2.81. The third-order valence-electron chi connectivity index (χ3n) is 3.60. The molecule has 0 amide bonds. The molecule has 1 saturated carbocycles. The van der Waals surface area contributed by atoms with E-state index < -0.39 is 0 Å². The van der Waals surface area contributed by atoms with E-state index >= 15 is 0 Å². The Bertz CT molecular complexity index is 198. The van der Waals surface area contributed by atoms with Crippen molar-refractivity contribution in [1.82, 2.24) is 0 Å². The minimum Gasteiger partial charge on any atom is -0.381 e. The fourth-order valence-corrected chi connectivity index (χ4v) is 3.27. The van der Waals surface area contributed by atoms with Crippen molar-refractivity contribution in [2.75, 3.05) is 12.4 Å². The topological polar surface area (TPSA) is 18.5 Å². The molecule has 0 bridgehead atoms. The van der Waals surface area contributed by atoms with Crippen molar-refractivity contribution in [3.63, 3.8) is 0 Å². The first-order valence-corrected chi connectivity index (χ1v) is 6.67. The van der Waals surface area contributed by atoms with E-state index in [4.69, 9.17) is 9.47 Å². The van der Waals surface area contributed by atoms with E-state index in [-0.39, 0.29) is 5.60 Å². The van der Waals surface area contributed by atoms with Gasteiger partial charge in [-0.05, 0) is 32.1 Å². The Morgan fingerprint density at radius 3 is 2.93 bits per heavy atom. The molecule has 1 saturated heterocycles. The Hall–Kier alpha value is 0.400. The predicted molar refractivity (Wildman–Crippen MR) is 59.9 cm³/mol. The second-order valence-electron chi connectivity index (χ2n) is 4.57. The molecule has 82 valence electrons. The lowest BCUT2D eigenvalue weighted by Gasteiger charge is -2.37. The fraction of sp³-hybridized carbons (Fsp3) is 1.00. The quantitative estimate of drug-likeness (QED) is 0.713. The van der Waals surface area contributed by atoms with Crippen LogP contribution in [-0.4, -0.2) is 30.2 Å². The molecule has 1 aliphatic heterocycles. The van der Waals surface area contributed by atoms with Crippen molar-refractivity contribution in [1.29, 1.82) is 0 Å². The van der Waals surface area contributed by atoms with Crippen LogP contribution in [0.25, 0.3) is 0 Å². The highest BCUT2D eigenvalue weighted by atomic mass is 79.9. The van der Waals surface area contributed by atoms with E-state index in [1.807, 2.05) is 7.11 Å². The average Bonchev–Trinajstić information content (AvgIpc) is 2.61. The smallest absolute Gasteiger partial charge is 0.0712 e. The van der Waals surface area contributed by atoms with Gasteiger partial charge in [0.1, 0.15) is 0 Å². The van der Waals surface area contributed by atoms with Gasteiger partial charge in [0, 0.05) is 18.9 Å². The minimum absolute atomic E-state index is 0.164. The van der Waals surface area contributed by atoms with E-state index in [2.05, 4.69) is 15.9 Å². The van der Waals surface area contributed by atoms with Crippen LogP contribution in [0.1, 0.15) is 38.5 Å². The summed E-state index contributed by atoms with van der Waals surface area (Å²) in [7, 11) is 1.82. The molecule has 0 aromatic rings. The van der Waals surface area contributed by atoms with E-state index in [9.17, 15) is 0 Å². The zero-order valence-corrected chi connectivity index (χ0v) is 10.4. The van der Waals surface area contributed by atoms with Crippen LogP contribution in [0.3, 0.4) is 0 Å². The summed E-state index contributed by atoms with van der Waals surface area (Å²) in [6.45, 7) is 0. The van der Waals surface area contributed by atoms with Gasteiger partial charge in [-0.25, -0.2) is 0 Å². The third-order valence-corrected chi connectivity index (χ3v) is 4.32. The first kappa shape index (κ1) is 10.9. The molecular formula is C11H19BrO2. The Balaban J connectivity index is 1.95. The molecule has 3 unspecified atom stereocenters. The highest BCUT2D eigenvalue weighted by Gasteiger charge is 2.43. The maximum absolute atomic E-state index is 6.14. The number of alkyl halides is 1. The molecule has 0 aromatic carbocycles. The highest BCUT2D eigenvalue weighted by molar-refractivity contribution is 9.09. The molecule has 2 aliphatic rings. The number of hydrogen-bond donors (Lipinski definition) is 0. The van der Waals surface area contributed by atoms with Crippen LogP contribution in [-0.2, 0) is 9.47 Å². The molecule has 2 rings (SSSR count). The van der Waals surface area contributed by atoms with Gasteiger partial charge in [0.2, 0.25) is 0 Å². The van der Waals surface area contributed by atoms with Crippen LogP contribution in [0, 0.1) is 0 Å². The molecule has 2 nitrogen and oxygen atoms in total. The second kappa shape index (κ2) is 4.50. The van der Waals surface area contributed by atoms with Gasteiger partial charge >= 0.3 is 0 Å². The number of methoxy groups -OCH3 is 1. The standard InChI is InChI=1S/C11H19BrO2/c1-13-9-3-2-5-11(7-9)6-4-10(8-12)14-11/h9-10H,2-8H2,1H3. The maximum Gasteiger partial charge on any atom is 0.0712 e. The SMILES string of the molecule is COC1CCCC2(CCC(CBr)O2)C1. The van der Waals surface area contributed by atoms with Gasteiger partial charge in [-0.1, -0.05) is 15.9 Å². The van der Waals surface area contributed by atoms with Crippen LogP contribution < -0.4 is 0 Å². The summed E-state index contributed by atoms with van der Waals surface area (Å²) < 4.78 is 11.6. The predicted octanol–water partition coefficient (Wildman–Crippen LogP) is 2.89. The molecular weight excluding hydrogens is 244 g/mol. The summed E-state index contributed by atoms with van der Waals surface area (Å²) in [6, 6.07) is 0. The van der Waals surface area contributed by atoms with E-state index in [1.165, 1.54) is 32.1 Å². The number of rotatable bonds is 2. The summed E-state index contributed by atoms with van der Waals surface area (Å²) in [5, 5.41) is 0.979. The van der Waals surface area contributed by atoms with Gasteiger partial charge in [-0.3, -0.25) is 0 Å². The molecule has 0 N–H and O–H groups in total. The van der Waals surface area contributed by atoms with Crippen molar-refractivity contribution < 1.29 is 9.47 Å². The maximum atomic E-state index is 6.14. The molecule has 1 aliphatic carbocycles. The first-order valence-electron chi connectivity index (χ1n) is 5.54. The Morgan fingerprint density at radius 1 is 1.43 bits per heavy atom. The van der Waals surface area contributed by atoms with Gasteiger partial charge in [0.05, 0.1) is 17.8 Å². The van der Waals surface area contributed by atoms with Gasteiger partial charge in [0.25, 0.3) is 0 Å². The summed E-state index contributed by atoms with van der Waals surface area (Å²) in [4.78, 5) is 0. The van der Waals surface area contributed by atoms with Crippen molar-refractivity contribution in [2.45, 2.75) is 56.3 Å². The third kappa shape index (κ3) is 2.15. The van der Waals surface area contributed by atoms with Crippen molar-refractivity contribution in [3.05, 3.63) is 0 Å². The molecule has 3 heteroatoms. The van der Waals surface area contributed by atoms with E-state index in [1.54, 1.807) is 0 Å². The zero-order valence-electron chi connectivity index (χ0n) is 8.80. The lowest BCUT2D eigenvalue weighted by Crippen LogP contribution is -2.38. The van der Waals surface area contributed by atoms with Crippen LogP contribution >= 0.6 is 15.9 Å². The monoisotopic (exact) mass is 262 g/mol. The van der Waals surface area contributed by atoms with Crippen LogP contribution in [0.5, 0.6) is 0 Å². The molecule has 2 fully saturated rings. The van der Waals surface area contributed by atoms with Crippen LogP contribution in [0.15, 0.2) is 0 Å². The molecule has 0 aromatic heterocycles. The summed E-state index contributed by atoms with van der Waals surface area (Å²) in [5.41, 5.74) is 0.164. The van der Waals surface area contributed by atoms with Gasteiger partial charge in [-0.2, -0.15) is 0 Å². The van der Waals surface area contributed by atoms with Crippen molar-refractivity contribution in [3.8, 4) is 0 Å². The number of hydrogen-bond acceptors (Lipinski definition) is 2. The number of ether oxygens (including phenoxy) is 2. The van der Waals surface area contributed by atoms with Crippen LogP contribution in [0.4, 0.5) is 0 Å². The summed E-state index contributed by atoms with van der Waals surface area (Å²) in [6.07, 6.45) is 8.10. The Labute approximate surface area is 94.5 Å². The molecule has 1 spiro atoms. The normalized spacial score (nSPS) is 43.3. The van der Waals surface area contributed by atoms with Gasteiger partial charge < -0.3 is 9.47 Å². The van der Waals surface area contributed by atoms with E-state index in [0.29, 0.717) is 12.2 Å². The minimum atomic E-state index is 0.164. The first-order chi connectivity index (χ1) is 6.78. The lowest BCUT2D eigenvalue weighted by atomic mass is 9.81. The summed E-state index contributed by atoms with van der Waals surface area (Å²) in [5.74, 6) is 0. The highest BCUT2D eigenvalue weighted by Crippen LogP contribution is 2.42. The second-order valence-corrected chi connectivity index (χ2v) is 5.22. The van der Waals surface area contributed by atoms with Gasteiger partial charge in [0.15, 0.2) is 0 Å². The Kier molecular flexibility index (Phi) is 3.50. The molecule has 0 radical (unpaired) electrons. The average molecular weight is 263 g/mol. The van der Waals surface area contributed by atoms with Crippen molar-refractivity contribution in [2.24, 2.45) is 0 Å². The number of halogens is 1.